The van der Waals surface area contributed by atoms with E-state index in [1.54, 1.807) is 12.1 Å². The molecule has 0 unspecified atom stereocenters. The molecule has 0 atom stereocenters. The molecule has 1 heterocycles. The van der Waals surface area contributed by atoms with Gasteiger partial charge < -0.3 is 5.32 Å². The van der Waals surface area contributed by atoms with Crippen molar-refractivity contribution < 1.29 is 9.59 Å². The molecule has 1 N–H and O–H groups in total. The van der Waals surface area contributed by atoms with E-state index in [0.29, 0.717) is 22.9 Å². The molecule has 0 aliphatic carbocycles. The van der Waals surface area contributed by atoms with Crippen LogP contribution in [0.3, 0.4) is 0 Å². The number of rotatable bonds is 5. The van der Waals surface area contributed by atoms with Gasteiger partial charge in [0.15, 0.2) is 0 Å². The maximum atomic E-state index is 13.4. The smallest absolute Gasteiger partial charge is 0.282 e. The highest BCUT2D eigenvalue weighted by Gasteiger charge is 2.40. The second-order valence-electron chi connectivity index (χ2n) is 8.30. The number of imide groups is 1. The van der Waals surface area contributed by atoms with Gasteiger partial charge in [-0.15, -0.1) is 0 Å². The number of nitrogens with one attached hydrogen (secondary N) is 1. The Bertz CT molecular complexity index is 1160. The molecule has 1 aliphatic rings. The van der Waals surface area contributed by atoms with Crippen LogP contribution in [0.2, 0.25) is 0 Å². The van der Waals surface area contributed by atoms with E-state index in [-0.39, 0.29) is 11.8 Å². The fourth-order valence-corrected chi connectivity index (χ4v) is 3.66. The lowest BCUT2D eigenvalue weighted by atomic mass is 10.0. The highest BCUT2D eigenvalue weighted by Crippen LogP contribution is 2.34. The first kappa shape index (κ1) is 20.6. The third kappa shape index (κ3) is 4.02. The number of nitrogens with zero attached hydrogens (tertiary/aromatic N) is 1. The monoisotopic (exact) mass is 410 g/mol. The summed E-state index contributed by atoms with van der Waals surface area (Å²) in [5.41, 5.74) is 6.13. The highest BCUT2D eigenvalue weighted by molar-refractivity contribution is 6.46. The normalized spacial score (nSPS) is 14.0. The van der Waals surface area contributed by atoms with Gasteiger partial charge in [0, 0.05) is 5.69 Å². The SMILES string of the molecule is Cc1ccc(C2=C(Nc3ccc(C(C)C)cc3)C(=O)N(c3ccc(C)cc3)C2=O)cc1. The first-order valence-electron chi connectivity index (χ1n) is 10.5. The molecule has 0 saturated heterocycles. The van der Waals surface area contributed by atoms with Gasteiger partial charge in [-0.25, -0.2) is 4.90 Å². The molecule has 4 heteroatoms. The number of amides is 2. The van der Waals surface area contributed by atoms with Gasteiger partial charge in [-0.2, -0.15) is 0 Å². The Labute approximate surface area is 183 Å². The van der Waals surface area contributed by atoms with E-state index in [2.05, 4.69) is 19.2 Å². The van der Waals surface area contributed by atoms with Crippen molar-refractivity contribution in [2.24, 2.45) is 0 Å². The number of carbonyl (C=O) groups is 2. The first-order chi connectivity index (χ1) is 14.8. The third-order valence-corrected chi connectivity index (χ3v) is 5.56. The van der Waals surface area contributed by atoms with Crippen molar-refractivity contribution in [2.45, 2.75) is 33.6 Å². The van der Waals surface area contributed by atoms with Crippen LogP contribution < -0.4 is 10.2 Å². The molecule has 1 aliphatic heterocycles. The van der Waals surface area contributed by atoms with E-state index in [9.17, 15) is 9.59 Å². The lowest BCUT2D eigenvalue weighted by Crippen LogP contribution is -2.32. The largest absolute Gasteiger partial charge is 0.350 e. The van der Waals surface area contributed by atoms with E-state index in [1.165, 1.54) is 10.5 Å². The van der Waals surface area contributed by atoms with Crippen molar-refractivity contribution >= 4 is 28.8 Å². The van der Waals surface area contributed by atoms with Crippen molar-refractivity contribution in [3.63, 3.8) is 0 Å². The van der Waals surface area contributed by atoms with Crippen molar-refractivity contribution in [1.29, 1.82) is 0 Å². The fraction of sp³-hybridized carbons (Fsp3) is 0.185. The Morgan fingerprint density at radius 2 is 1.26 bits per heavy atom. The maximum Gasteiger partial charge on any atom is 0.282 e. The molecular formula is C27H26N2O2. The van der Waals surface area contributed by atoms with Crippen LogP contribution in [0.1, 0.15) is 42.0 Å². The van der Waals surface area contributed by atoms with Gasteiger partial charge >= 0.3 is 0 Å². The lowest BCUT2D eigenvalue weighted by Gasteiger charge is -2.16. The molecule has 3 aromatic rings. The molecule has 4 rings (SSSR count). The van der Waals surface area contributed by atoms with Gasteiger partial charge in [0.05, 0.1) is 11.3 Å². The Balaban J connectivity index is 1.77. The summed E-state index contributed by atoms with van der Waals surface area (Å²) in [5, 5.41) is 3.23. The molecule has 156 valence electrons. The number of aryl methyl sites for hydroxylation is 2. The average Bonchev–Trinajstić information content (AvgIpc) is 2.99. The molecule has 2 amide bonds. The molecule has 3 aromatic carbocycles. The summed E-state index contributed by atoms with van der Waals surface area (Å²) in [5.74, 6) is -0.250. The Hall–Kier alpha value is -3.66. The summed E-state index contributed by atoms with van der Waals surface area (Å²) in [6.07, 6.45) is 0. The zero-order valence-corrected chi connectivity index (χ0v) is 18.3. The van der Waals surface area contributed by atoms with Gasteiger partial charge in [-0.3, -0.25) is 9.59 Å². The Morgan fingerprint density at radius 3 is 1.81 bits per heavy atom. The predicted octanol–water partition coefficient (Wildman–Crippen LogP) is 5.82. The summed E-state index contributed by atoms with van der Waals surface area (Å²) in [7, 11) is 0. The predicted molar refractivity (Wildman–Crippen MR) is 126 cm³/mol. The Morgan fingerprint density at radius 1 is 0.710 bits per heavy atom. The summed E-state index contributed by atoms with van der Waals surface area (Å²) in [6, 6.07) is 23.0. The zero-order valence-electron chi connectivity index (χ0n) is 18.3. The van der Waals surface area contributed by atoms with Gasteiger partial charge in [-0.1, -0.05) is 73.5 Å². The molecule has 0 aromatic heterocycles. The third-order valence-electron chi connectivity index (χ3n) is 5.56. The van der Waals surface area contributed by atoms with E-state index in [1.807, 2.05) is 74.5 Å². The van der Waals surface area contributed by atoms with Crippen molar-refractivity contribution in [2.75, 3.05) is 10.2 Å². The standard InChI is InChI=1S/C27H26N2O2/c1-17(2)20-11-13-22(14-12-20)28-25-24(21-9-5-18(3)6-10-21)26(30)29(27(25)31)23-15-7-19(4)8-16-23/h5-17,28H,1-4H3. The van der Waals surface area contributed by atoms with Gasteiger partial charge in [0.1, 0.15) is 5.70 Å². The minimum Gasteiger partial charge on any atom is -0.350 e. The van der Waals surface area contributed by atoms with Gasteiger partial charge in [-0.05, 0) is 55.2 Å². The van der Waals surface area contributed by atoms with E-state index in [0.717, 1.165) is 22.4 Å². The molecule has 0 spiro atoms. The summed E-state index contributed by atoms with van der Waals surface area (Å²) >= 11 is 0. The van der Waals surface area contributed by atoms with Gasteiger partial charge in [0.2, 0.25) is 0 Å². The molecule has 4 nitrogen and oxygen atoms in total. The minimum absolute atomic E-state index is 0.298. The molecule has 31 heavy (non-hydrogen) atoms. The minimum atomic E-state index is -0.350. The van der Waals surface area contributed by atoms with Crippen LogP contribution >= 0.6 is 0 Å². The lowest BCUT2D eigenvalue weighted by molar-refractivity contribution is -0.120. The van der Waals surface area contributed by atoms with Crippen molar-refractivity contribution in [3.05, 3.63) is 101 Å². The average molecular weight is 411 g/mol. The molecular weight excluding hydrogens is 384 g/mol. The molecule has 0 bridgehead atoms. The highest BCUT2D eigenvalue weighted by atomic mass is 16.2. The quantitative estimate of drug-likeness (QED) is 0.539. The molecule has 0 radical (unpaired) electrons. The number of benzene rings is 3. The van der Waals surface area contributed by atoms with E-state index >= 15 is 0 Å². The Kier molecular flexibility index (Phi) is 5.47. The van der Waals surface area contributed by atoms with E-state index < -0.39 is 0 Å². The van der Waals surface area contributed by atoms with Gasteiger partial charge in [0.25, 0.3) is 11.8 Å². The van der Waals surface area contributed by atoms with Crippen LogP contribution in [-0.4, -0.2) is 11.8 Å². The second kappa shape index (κ2) is 8.23. The van der Waals surface area contributed by atoms with Crippen LogP contribution in [0.15, 0.2) is 78.5 Å². The number of carbonyl (C=O) groups excluding carboxylic acids is 2. The summed E-state index contributed by atoms with van der Waals surface area (Å²) < 4.78 is 0. The van der Waals surface area contributed by atoms with Crippen LogP contribution in [-0.2, 0) is 9.59 Å². The van der Waals surface area contributed by atoms with Crippen LogP contribution in [0.25, 0.3) is 5.57 Å². The van der Waals surface area contributed by atoms with Crippen LogP contribution in [0, 0.1) is 13.8 Å². The number of hydrogen-bond acceptors (Lipinski definition) is 3. The van der Waals surface area contributed by atoms with E-state index in [4.69, 9.17) is 0 Å². The molecule has 0 saturated carbocycles. The first-order valence-corrected chi connectivity index (χ1v) is 10.5. The van der Waals surface area contributed by atoms with Crippen LogP contribution in [0.5, 0.6) is 0 Å². The fourth-order valence-electron chi connectivity index (χ4n) is 3.66. The maximum absolute atomic E-state index is 13.4. The topological polar surface area (TPSA) is 49.4 Å². The number of anilines is 2. The number of hydrogen-bond donors (Lipinski definition) is 1. The summed E-state index contributed by atoms with van der Waals surface area (Å²) in [4.78, 5) is 28.1. The van der Waals surface area contributed by atoms with Crippen molar-refractivity contribution in [1.82, 2.24) is 0 Å². The zero-order chi connectivity index (χ0) is 22.1. The second-order valence-corrected chi connectivity index (χ2v) is 8.30. The van der Waals surface area contributed by atoms with Crippen LogP contribution in [0.4, 0.5) is 11.4 Å². The van der Waals surface area contributed by atoms with Crippen molar-refractivity contribution in [3.8, 4) is 0 Å². The molecule has 0 fully saturated rings. The summed E-state index contributed by atoms with van der Waals surface area (Å²) in [6.45, 7) is 8.24.